The zero-order valence-corrected chi connectivity index (χ0v) is 19.1. The maximum Gasteiger partial charge on any atom is 0.255 e. The summed E-state index contributed by atoms with van der Waals surface area (Å²) in [6.45, 7) is 1.91. The lowest BCUT2D eigenvalue weighted by Gasteiger charge is -2.09. The number of nitrogens with zero attached hydrogens (tertiary/aromatic N) is 1. The third-order valence-electron chi connectivity index (χ3n) is 4.38. The molecular formula is C23H19N3O2S3. The van der Waals surface area contributed by atoms with Crippen molar-refractivity contribution in [3.8, 4) is 10.6 Å². The molecule has 0 fully saturated rings. The molecule has 156 valence electrons. The van der Waals surface area contributed by atoms with Gasteiger partial charge in [-0.25, -0.2) is 4.98 Å². The van der Waals surface area contributed by atoms with Crippen molar-refractivity contribution in [1.29, 1.82) is 0 Å². The van der Waals surface area contributed by atoms with E-state index in [4.69, 9.17) is 0 Å². The number of carbonyl (C=O) groups excluding carboxylic acids is 2. The molecule has 0 aliphatic heterocycles. The Morgan fingerprint density at radius 1 is 1.00 bits per heavy atom. The average Bonchev–Trinajstić information content (AvgIpc) is 3.45. The molecule has 0 radical (unpaired) electrons. The molecule has 0 bridgehead atoms. The number of nitrogens with one attached hydrogen (secondary N) is 2. The summed E-state index contributed by atoms with van der Waals surface area (Å²) in [4.78, 5) is 31.3. The summed E-state index contributed by atoms with van der Waals surface area (Å²) < 4.78 is 0. The van der Waals surface area contributed by atoms with Crippen molar-refractivity contribution in [2.24, 2.45) is 0 Å². The molecule has 4 aromatic rings. The lowest BCUT2D eigenvalue weighted by Crippen LogP contribution is -2.14. The fourth-order valence-electron chi connectivity index (χ4n) is 2.86. The first-order valence-corrected chi connectivity index (χ1v) is 12.2. The second kappa shape index (κ2) is 9.91. The van der Waals surface area contributed by atoms with Gasteiger partial charge in [0, 0.05) is 21.5 Å². The zero-order valence-electron chi connectivity index (χ0n) is 16.6. The van der Waals surface area contributed by atoms with Crippen molar-refractivity contribution >= 4 is 57.1 Å². The highest BCUT2D eigenvalue weighted by atomic mass is 32.2. The van der Waals surface area contributed by atoms with Crippen LogP contribution in [0.3, 0.4) is 0 Å². The number of anilines is 2. The largest absolute Gasteiger partial charge is 0.322 e. The highest BCUT2D eigenvalue weighted by Crippen LogP contribution is 2.28. The SMILES string of the molecule is Cc1ccccc1C(=O)Nc1cccc(SCC(=O)Nc2nc(-c3cccs3)cs2)c1. The minimum absolute atomic E-state index is 0.119. The number of thioether (sulfide) groups is 1. The molecule has 0 aliphatic carbocycles. The lowest BCUT2D eigenvalue weighted by atomic mass is 10.1. The van der Waals surface area contributed by atoms with Crippen LogP contribution in [0.2, 0.25) is 0 Å². The monoisotopic (exact) mass is 465 g/mol. The number of hydrogen-bond donors (Lipinski definition) is 2. The zero-order chi connectivity index (χ0) is 21.6. The van der Waals surface area contributed by atoms with Crippen LogP contribution in [0.15, 0.2) is 76.3 Å². The Morgan fingerprint density at radius 3 is 2.68 bits per heavy atom. The van der Waals surface area contributed by atoms with E-state index in [2.05, 4.69) is 15.6 Å². The predicted octanol–water partition coefficient (Wildman–Crippen LogP) is 6.16. The molecular weight excluding hydrogens is 446 g/mol. The number of amides is 2. The highest BCUT2D eigenvalue weighted by molar-refractivity contribution is 8.00. The van der Waals surface area contributed by atoms with E-state index in [9.17, 15) is 9.59 Å². The minimum atomic E-state index is -0.150. The number of rotatable bonds is 7. The van der Waals surface area contributed by atoms with Crippen LogP contribution in [-0.4, -0.2) is 22.6 Å². The molecule has 0 atom stereocenters. The maximum atomic E-state index is 12.5. The van der Waals surface area contributed by atoms with Gasteiger partial charge in [0.1, 0.15) is 0 Å². The molecule has 2 heterocycles. The number of aromatic nitrogens is 1. The molecule has 0 spiro atoms. The van der Waals surface area contributed by atoms with Gasteiger partial charge in [-0.15, -0.1) is 34.4 Å². The summed E-state index contributed by atoms with van der Waals surface area (Å²) in [5.41, 5.74) is 3.14. The molecule has 0 aliphatic rings. The molecule has 31 heavy (non-hydrogen) atoms. The Bertz CT molecular complexity index is 1200. The van der Waals surface area contributed by atoms with Crippen LogP contribution >= 0.6 is 34.4 Å². The quantitative estimate of drug-likeness (QED) is 0.321. The molecule has 2 aromatic carbocycles. The standard InChI is InChI=1S/C23H19N3O2S3/c1-15-6-2-3-9-18(15)22(28)24-16-7-4-8-17(12-16)30-14-21(27)26-23-25-19(13-31-23)20-10-5-11-29-20/h2-13H,14H2,1H3,(H,24,28)(H,25,26,27). The van der Waals surface area contributed by atoms with Crippen molar-refractivity contribution in [2.75, 3.05) is 16.4 Å². The van der Waals surface area contributed by atoms with Crippen LogP contribution in [0, 0.1) is 6.92 Å². The number of thiazole rings is 1. The minimum Gasteiger partial charge on any atom is -0.322 e. The van der Waals surface area contributed by atoms with Crippen molar-refractivity contribution in [1.82, 2.24) is 4.98 Å². The molecule has 8 heteroatoms. The van der Waals surface area contributed by atoms with E-state index in [0.29, 0.717) is 16.4 Å². The number of hydrogen-bond acceptors (Lipinski definition) is 6. The van der Waals surface area contributed by atoms with Crippen molar-refractivity contribution in [3.05, 3.63) is 82.6 Å². The number of carbonyl (C=O) groups is 2. The van der Waals surface area contributed by atoms with Crippen LogP contribution in [0.25, 0.3) is 10.6 Å². The third-order valence-corrected chi connectivity index (χ3v) is 7.02. The summed E-state index contributed by atoms with van der Waals surface area (Å²) in [6.07, 6.45) is 0. The number of benzene rings is 2. The number of thiophene rings is 1. The Balaban J connectivity index is 1.32. The molecule has 0 saturated carbocycles. The molecule has 2 aromatic heterocycles. The Kier molecular flexibility index (Phi) is 6.81. The van der Waals surface area contributed by atoms with Crippen molar-refractivity contribution in [3.63, 3.8) is 0 Å². The average molecular weight is 466 g/mol. The fraction of sp³-hybridized carbons (Fsp3) is 0.0870. The molecule has 2 N–H and O–H groups in total. The summed E-state index contributed by atoms with van der Waals surface area (Å²) in [6, 6.07) is 18.9. The second-order valence-corrected chi connectivity index (χ2v) is 9.50. The van der Waals surface area contributed by atoms with E-state index >= 15 is 0 Å². The van der Waals surface area contributed by atoms with Gasteiger partial charge in [-0.05, 0) is 48.2 Å². The van der Waals surface area contributed by atoms with E-state index in [1.54, 1.807) is 17.4 Å². The molecule has 5 nitrogen and oxygen atoms in total. The summed E-state index contributed by atoms with van der Waals surface area (Å²) in [5, 5.41) is 10.3. The first kappa shape index (κ1) is 21.3. The Morgan fingerprint density at radius 2 is 1.87 bits per heavy atom. The van der Waals surface area contributed by atoms with Crippen LogP contribution in [0.1, 0.15) is 15.9 Å². The first-order chi connectivity index (χ1) is 15.1. The van der Waals surface area contributed by atoms with Gasteiger partial charge in [0.25, 0.3) is 5.91 Å². The molecule has 0 saturated heterocycles. The van der Waals surface area contributed by atoms with Gasteiger partial charge in [0.2, 0.25) is 5.91 Å². The summed E-state index contributed by atoms with van der Waals surface area (Å²) in [7, 11) is 0. The molecule has 2 amide bonds. The predicted molar refractivity (Wildman–Crippen MR) is 130 cm³/mol. The van der Waals surface area contributed by atoms with E-state index < -0.39 is 0 Å². The summed E-state index contributed by atoms with van der Waals surface area (Å²) >= 11 is 4.44. The van der Waals surface area contributed by atoms with Crippen LogP contribution in [-0.2, 0) is 4.79 Å². The van der Waals surface area contributed by atoms with Gasteiger partial charge in [-0.3, -0.25) is 9.59 Å². The third kappa shape index (κ3) is 5.61. The van der Waals surface area contributed by atoms with Gasteiger partial charge < -0.3 is 10.6 Å². The fourth-order valence-corrected chi connectivity index (χ4v) is 5.11. The van der Waals surface area contributed by atoms with Gasteiger partial charge >= 0.3 is 0 Å². The second-order valence-electron chi connectivity index (χ2n) is 6.65. The Labute approximate surface area is 192 Å². The van der Waals surface area contributed by atoms with E-state index in [1.165, 1.54) is 23.1 Å². The van der Waals surface area contributed by atoms with Crippen molar-refractivity contribution in [2.45, 2.75) is 11.8 Å². The van der Waals surface area contributed by atoms with Crippen LogP contribution < -0.4 is 10.6 Å². The lowest BCUT2D eigenvalue weighted by molar-refractivity contribution is -0.113. The molecule has 0 unspecified atom stereocenters. The van der Waals surface area contributed by atoms with Gasteiger partial charge in [-0.2, -0.15) is 0 Å². The van der Waals surface area contributed by atoms with Crippen LogP contribution in [0.5, 0.6) is 0 Å². The smallest absolute Gasteiger partial charge is 0.255 e. The topological polar surface area (TPSA) is 71.1 Å². The molecule has 4 rings (SSSR count). The van der Waals surface area contributed by atoms with E-state index in [-0.39, 0.29) is 17.6 Å². The van der Waals surface area contributed by atoms with Gasteiger partial charge in [-0.1, -0.05) is 30.3 Å². The van der Waals surface area contributed by atoms with E-state index in [1.807, 2.05) is 72.3 Å². The highest BCUT2D eigenvalue weighted by Gasteiger charge is 2.11. The van der Waals surface area contributed by atoms with Crippen molar-refractivity contribution < 1.29 is 9.59 Å². The number of aryl methyl sites for hydroxylation is 1. The van der Waals surface area contributed by atoms with Gasteiger partial charge in [0.05, 0.1) is 16.3 Å². The summed E-state index contributed by atoms with van der Waals surface area (Å²) in [5.74, 6) is -0.0157. The van der Waals surface area contributed by atoms with Crippen LogP contribution in [0.4, 0.5) is 10.8 Å². The Hall–Kier alpha value is -2.94. The normalized spacial score (nSPS) is 10.6. The van der Waals surface area contributed by atoms with Gasteiger partial charge in [0.15, 0.2) is 5.13 Å². The maximum absolute atomic E-state index is 12.5. The van der Waals surface area contributed by atoms with E-state index in [0.717, 1.165) is 21.0 Å². The first-order valence-electron chi connectivity index (χ1n) is 9.47.